The molecule has 0 fully saturated rings. The summed E-state index contributed by atoms with van der Waals surface area (Å²) >= 11 is 1.70. The molecule has 0 aliphatic carbocycles. The van der Waals surface area contributed by atoms with Crippen molar-refractivity contribution in [2.24, 2.45) is 0 Å². The van der Waals surface area contributed by atoms with Crippen molar-refractivity contribution in [3.63, 3.8) is 0 Å². The van der Waals surface area contributed by atoms with Crippen molar-refractivity contribution >= 4 is 17.2 Å². The second kappa shape index (κ2) is 7.88. The molecule has 3 aromatic rings. The van der Waals surface area contributed by atoms with E-state index < -0.39 is 0 Å². The van der Waals surface area contributed by atoms with Crippen LogP contribution in [0.1, 0.15) is 22.8 Å². The summed E-state index contributed by atoms with van der Waals surface area (Å²) < 4.78 is 5.62. The average molecular weight is 341 g/mol. The van der Waals surface area contributed by atoms with Crippen molar-refractivity contribution in [3.8, 4) is 11.5 Å². The van der Waals surface area contributed by atoms with Crippen LogP contribution in [0.25, 0.3) is 11.5 Å². The summed E-state index contributed by atoms with van der Waals surface area (Å²) in [4.78, 5) is 13.1. The minimum Gasteiger partial charge on any atom is -0.421 e. The number of amides is 1. The fraction of sp³-hybridized carbons (Fsp3) is 0.278. The zero-order chi connectivity index (χ0) is 16.8. The van der Waals surface area contributed by atoms with Crippen LogP contribution < -0.4 is 5.32 Å². The molecule has 1 amide bonds. The number of hydrogen-bond acceptors (Lipinski definition) is 5. The van der Waals surface area contributed by atoms with E-state index in [0.717, 1.165) is 12.0 Å². The highest BCUT2D eigenvalue weighted by Gasteiger charge is 2.10. The van der Waals surface area contributed by atoms with Crippen molar-refractivity contribution in [3.05, 3.63) is 58.1 Å². The number of nitrogens with zero attached hydrogens (tertiary/aromatic N) is 2. The normalized spacial score (nSPS) is 10.7. The van der Waals surface area contributed by atoms with Crippen LogP contribution in [0.4, 0.5) is 0 Å². The summed E-state index contributed by atoms with van der Waals surface area (Å²) in [6.07, 6.45) is 1.66. The molecule has 0 aliphatic heterocycles. The number of thiophene rings is 1. The van der Waals surface area contributed by atoms with Gasteiger partial charge in [-0.15, -0.1) is 21.5 Å². The number of hydrogen-bond donors (Lipinski definition) is 1. The molecule has 0 aliphatic rings. The molecular formula is C18H19N3O2S. The Morgan fingerprint density at radius 3 is 2.75 bits per heavy atom. The minimum atomic E-state index is 0.00152. The summed E-state index contributed by atoms with van der Waals surface area (Å²) in [7, 11) is 0. The predicted octanol–water partition coefficient (Wildman–Crippen LogP) is 3.40. The van der Waals surface area contributed by atoms with Crippen molar-refractivity contribution < 1.29 is 9.21 Å². The maximum atomic E-state index is 11.9. The Labute approximate surface area is 144 Å². The van der Waals surface area contributed by atoms with Crippen LogP contribution >= 0.6 is 11.3 Å². The minimum absolute atomic E-state index is 0.00152. The van der Waals surface area contributed by atoms with Gasteiger partial charge in [-0.3, -0.25) is 4.79 Å². The molecule has 5 nitrogen and oxygen atoms in total. The van der Waals surface area contributed by atoms with E-state index >= 15 is 0 Å². The number of nitrogens with one attached hydrogen (secondary N) is 1. The van der Waals surface area contributed by atoms with Gasteiger partial charge in [0, 0.05) is 29.8 Å². The third kappa shape index (κ3) is 4.52. The van der Waals surface area contributed by atoms with Gasteiger partial charge < -0.3 is 9.73 Å². The molecule has 0 saturated heterocycles. The van der Waals surface area contributed by atoms with Crippen LogP contribution in [0.2, 0.25) is 0 Å². The van der Waals surface area contributed by atoms with Crippen LogP contribution in [0.3, 0.4) is 0 Å². The quantitative estimate of drug-likeness (QED) is 0.715. The molecule has 1 aromatic carbocycles. The smallest absolute Gasteiger partial charge is 0.247 e. The molecule has 0 radical (unpaired) electrons. The Balaban J connectivity index is 1.44. The van der Waals surface area contributed by atoms with E-state index in [9.17, 15) is 4.79 Å². The van der Waals surface area contributed by atoms with Gasteiger partial charge in [0.2, 0.25) is 17.7 Å². The van der Waals surface area contributed by atoms with Crippen LogP contribution in [-0.4, -0.2) is 22.6 Å². The number of rotatable bonds is 7. The van der Waals surface area contributed by atoms with Crippen LogP contribution in [0.5, 0.6) is 0 Å². The number of aromatic nitrogens is 2. The first-order valence-corrected chi connectivity index (χ1v) is 8.77. The second-order valence-electron chi connectivity index (χ2n) is 5.55. The van der Waals surface area contributed by atoms with Crippen molar-refractivity contribution in [1.29, 1.82) is 0 Å². The van der Waals surface area contributed by atoms with Gasteiger partial charge in [0.05, 0.1) is 0 Å². The first kappa shape index (κ1) is 16.4. The fourth-order valence-electron chi connectivity index (χ4n) is 2.26. The zero-order valence-electron chi connectivity index (χ0n) is 13.5. The van der Waals surface area contributed by atoms with Crippen molar-refractivity contribution in [1.82, 2.24) is 15.5 Å². The average Bonchev–Trinajstić information content (AvgIpc) is 3.25. The Morgan fingerprint density at radius 1 is 1.17 bits per heavy atom. The third-order valence-electron chi connectivity index (χ3n) is 3.60. The van der Waals surface area contributed by atoms with E-state index in [-0.39, 0.29) is 5.91 Å². The van der Waals surface area contributed by atoms with E-state index in [1.54, 1.807) is 11.3 Å². The Morgan fingerprint density at radius 2 is 2.00 bits per heavy atom. The van der Waals surface area contributed by atoms with Gasteiger partial charge in [0.1, 0.15) is 0 Å². The Bertz CT molecular complexity index is 779. The molecule has 0 bridgehead atoms. The van der Waals surface area contributed by atoms with Gasteiger partial charge in [-0.1, -0.05) is 23.8 Å². The van der Waals surface area contributed by atoms with Gasteiger partial charge in [-0.2, -0.15) is 0 Å². The lowest BCUT2D eigenvalue weighted by atomic mass is 10.1. The molecular weight excluding hydrogens is 322 g/mol. The lowest BCUT2D eigenvalue weighted by molar-refractivity contribution is -0.121. The molecule has 3 rings (SSSR count). The van der Waals surface area contributed by atoms with Crippen LogP contribution in [0, 0.1) is 6.92 Å². The number of aryl methyl sites for hydroxylation is 2. The van der Waals surface area contributed by atoms with Crippen LogP contribution in [-0.2, 0) is 17.6 Å². The number of carbonyl (C=O) groups excluding carboxylic acids is 1. The van der Waals surface area contributed by atoms with Crippen LogP contribution in [0.15, 0.2) is 46.2 Å². The maximum absolute atomic E-state index is 11.9. The van der Waals surface area contributed by atoms with Crippen molar-refractivity contribution in [2.45, 2.75) is 26.2 Å². The fourth-order valence-corrected chi connectivity index (χ4v) is 2.97. The molecule has 124 valence electrons. The first-order valence-electron chi connectivity index (χ1n) is 7.89. The van der Waals surface area contributed by atoms with Gasteiger partial charge in [-0.25, -0.2) is 0 Å². The molecule has 0 atom stereocenters. The molecule has 0 spiro atoms. The van der Waals surface area contributed by atoms with Crippen molar-refractivity contribution in [2.75, 3.05) is 6.54 Å². The largest absolute Gasteiger partial charge is 0.421 e. The molecule has 6 heteroatoms. The molecule has 1 N–H and O–H groups in total. The van der Waals surface area contributed by atoms with E-state index in [1.165, 1.54) is 10.4 Å². The lowest BCUT2D eigenvalue weighted by Gasteiger charge is -2.02. The SMILES string of the molecule is Cc1ccc(-c2nnc(CCC(=O)NCCc3cccs3)o2)cc1. The second-order valence-corrected chi connectivity index (χ2v) is 6.58. The number of carbonyl (C=O) groups is 1. The Hall–Kier alpha value is -2.47. The lowest BCUT2D eigenvalue weighted by Crippen LogP contribution is -2.25. The van der Waals surface area contributed by atoms with E-state index in [1.807, 2.05) is 42.6 Å². The molecule has 2 aromatic heterocycles. The Kier molecular flexibility index (Phi) is 5.38. The summed E-state index contributed by atoms with van der Waals surface area (Å²) in [5.41, 5.74) is 2.07. The van der Waals surface area contributed by atoms with Gasteiger partial charge >= 0.3 is 0 Å². The van der Waals surface area contributed by atoms with Gasteiger partial charge in [-0.05, 0) is 36.9 Å². The highest BCUT2D eigenvalue weighted by atomic mass is 32.1. The summed E-state index contributed by atoms with van der Waals surface area (Å²) in [6.45, 7) is 2.68. The number of benzene rings is 1. The topological polar surface area (TPSA) is 68.0 Å². The van der Waals surface area contributed by atoms with E-state index in [0.29, 0.717) is 31.2 Å². The summed E-state index contributed by atoms with van der Waals surface area (Å²) in [5, 5.41) is 13.0. The molecule has 0 saturated carbocycles. The zero-order valence-corrected chi connectivity index (χ0v) is 14.3. The molecule has 2 heterocycles. The molecule has 0 unspecified atom stereocenters. The van der Waals surface area contributed by atoms with E-state index in [2.05, 4.69) is 21.6 Å². The standard InChI is InChI=1S/C18H19N3O2S/c1-13-4-6-14(7-5-13)18-21-20-17(23-18)9-8-16(22)19-11-10-15-3-2-12-24-15/h2-7,12H,8-11H2,1H3,(H,19,22). The maximum Gasteiger partial charge on any atom is 0.247 e. The van der Waals surface area contributed by atoms with E-state index in [4.69, 9.17) is 4.42 Å². The van der Waals surface area contributed by atoms with Gasteiger partial charge in [0.15, 0.2) is 0 Å². The summed E-state index contributed by atoms with van der Waals surface area (Å²) in [5.74, 6) is 0.976. The van der Waals surface area contributed by atoms with Gasteiger partial charge in [0.25, 0.3) is 0 Å². The monoisotopic (exact) mass is 341 g/mol. The predicted molar refractivity (Wildman–Crippen MR) is 93.8 cm³/mol. The third-order valence-corrected chi connectivity index (χ3v) is 4.54. The highest BCUT2D eigenvalue weighted by molar-refractivity contribution is 7.09. The first-order chi connectivity index (χ1) is 11.7. The highest BCUT2D eigenvalue weighted by Crippen LogP contribution is 2.18. The summed E-state index contributed by atoms with van der Waals surface area (Å²) in [6, 6.07) is 12.0. The molecule has 24 heavy (non-hydrogen) atoms.